The summed E-state index contributed by atoms with van der Waals surface area (Å²) >= 11 is 0. The molecule has 12 heavy (non-hydrogen) atoms. The maximum Gasteiger partial charge on any atom is 0.306 e. The summed E-state index contributed by atoms with van der Waals surface area (Å²) in [4.78, 5) is 11.0. The summed E-state index contributed by atoms with van der Waals surface area (Å²) in [7, 11) is 0. The Labute approximate surface area is 71.6 Å². The predicted molar refractivity (Wildman–Crippen MR) is 43.3 cm³/mol. The van der Waals surface area contributed by atoms with E-state index >= 15 is 0 Å². The van der Waals surface area contributed by atoms with Crippen LogP contribution >= 0.6 is 0 Å². The standard InChI is InChI=1S/C10H12O2/c11-9-4-3-8-6-1-2-7(5-6)10(8)12-9/h1-2,6-8,10H,3-5H2. The normalized spacial score (nSPS) is 49.2. The van der Waals surface area contributed by atoms with Crippen molar-refractivity contribution in [2.45, 2.75) is 25.4 Å². The quantitative estimate of drug-likeness (QED) is 0.400. The highest BCUT2D eigenvalue weighted by atomic mass is 16.5. The van der Waals surface area contributed by atoms with Crippen molar-refractivity contribution in [3.8, 4) is 0 Å². The van der Waals surface area contributed by atoms with E-state index in [4.69, 9.17) is 4.74 Å². The van der Waals surface area contributed by atoms with Crippen molar-refractivity contribution >= 4 is 5.97 Å². The van der Waals surface area contributed by atoms with Gasteiger partial charge in [0.1, 0.15) is 6.10 Å². The number of hydrogen-bond acceptors (Lipinski definition) is 2. The Hall–Kier alpha value is -0.790. The number of carbonyl (C=O) groups is 1. The van der Waals surface area contributed by atoms with Gasteiger partial charge in [-0.1, -0.05) is 12.2 Å². The van der Waals surface area contributed by atoms with E-state index in [-0.39, 0.29) is 12.1 Å². The summed E-state index contributed by atoms with van der Waals surface area (Å²) in [6, 6.07) is 0. The zero-order valence-electron chi connectivity index (χ0n) is 6.90. The van der Waals surface area contributed by atoms with Gasteiger partial charge in [-0.2, -0.15) is 0 Å². The highest BCUT2D eigenvalue weighted by Crippen LogP contribution is 2.48. The molecule has 64 valence electrons. The smallest absolute Gasteiger partial charge is 0.306 e. The van der Waals surface area contributed by atoms with Gasteiger partial charge >= 0.3 is 5.97 Å². The maximum absolute atomic E-state index is 11.0. The fraction of sp³-hybridized carbons (Fsp3) is 0.700. The van der Waals surface area contributed by atoms with Crippen molar-refractivity contribution < 1.29 is 9.53 Å². The van der Waals surface area contributed by atoms with Crippen LogP contribution in [-0.4, -0.2) is 12.1 Å². The van der Waals surface area contributed by atoms with Gasteiger partial charge in [0.25, 0.3) is 0 Å². The van der Waals surface area contributed by atoms with E-state index in [1.165, 1.54) is 6.42 Å². The minimum Gasteiger partial charge on any atom is -0.461 e. The summed E-state index contributed by atoms with van der Waals surface area (Å²) < 4.78 is 5.35. The summed E-state index contributed by atoms with van der Waals surface area (Å²) in [5, 5.41) is 0. The molecule has 0 amide bonds. The number of allylic oxidation sites excluding steroid dienone is 1. The van der Waals surface area contributed by atoms with E-state index in [1.807, 2.05) is 0 Å². The Balaban J connectivity index is 1.90. The Morgan fingerprint density at radius 1 is 1.33 bits per heavy atom. The van der Waals surface area contributed by atoms with Gasteiger partial charge in [-0.05, 0) is 18.8 Å². The van der Waals surface area contributed by atoms with Crippen molar-refractivity contribution in [3.05, 3.63) is 12.2 Å². The molecular formula is C10H12O2. The first kappa shape index (κ1) is 6.70. The molecule has 2 fully saturated rings. The number of esters is 1. The number of fused-ring (bicyclic) bond motifs is 5. The lowest BCUT2D eigenvalue weighted by atomic mass is 9.85. The van der Waals surface area contributed by atoms with Crippen LogP contribution in [0.1, 0.15) is 19.3 Å². The molecule has 2 nitrogen and oxygen atoms in total. The van der Waals surface area contributed by atoms with Gasteiger partial charge < -0.3 is 4.74 Å². The first-order valence-electron chi connectivity index (χ1n) is 4.72. The van der Waals surface area contributed by atoms with E-state index in [2.05, 4.69) is 12.2 Å². The zero-order valence-corrected chi connectivity index (χ0v) is 6.90. The van der Waals surface area contributed by atoms with Gasteiger partial charge in [-0.3, -0.25) is 4.79 Å². The Morgan fingerprint density at radius 2 is 2.17 bits per heavy atom. The predicted octanol–water partition coefficient (Wildman–Crippen LogP) is 1.51. The lowest BCUT2D eigenvalue weighted by Crippen LogP contribution is -2.35. The third kappa shape index (κ3) is 0.728. The highest BCUT2D eigenvalue weighted by Gasteiger charge is 2.48. The number of ether oxygens (including phenoxy) is 1. The average molecular weight is 164 g/mol. The molecule has 3 rings (SSSR count). The number of rotatable bonds is 0. The number of carbonyl (C=O) groups excluding carboxylic acids is 1. The molecule has 2 bridgehead atoms. The van der Waals surface area contributed by atoms with Crippen LogP contribution in [0.25, 0.3) is 0 Å². The molecule has 0 radical (unpaired) electrons. The van der Waals surface area contributed by atoms with Crippen LogP contribution in [0.2, 0.25) is 0 Å². The first-order chi connectivity index (χ1) is 5.84. The van der Waals surface area contributed by atoms with Crippen molar-refractivity contribution in [1.82, 2.24) is 0 Å². The van der Waals surface area contributed by atoms with Gasteiger partial charge in [0.05, 0.1) is 0 Å². The molecular weight excluding hydrogens is 152 g/mol. The van der Waals surface area contributed by atoms with Crippen LogP contribution in [0.15, 0.2) is 12.2 Å². The van der Waals surface area contributed by atoms with E-state index < -0.39 is 0 Å². The van der Waals surface area contributed by atoms with Crippen molar-refractivity contribution in [1.29, 1.82) is 0 Å². The van der Waals surface area contributed by atoms with Crippen LogP contribution < -0.4 is 0 Å². The van der Waals surface area contributed by atoms with Crippen LogP contribution in [0.5, 0.6) is 0 Å². The largest absolute Gasteiger partial charge is 0.461 e. The Morgan fingerprint density at radius 3 is 3.08 bits per heavy atom. The lowest BCUT2D eigenvalue weighted by molar-refractivity contribution is -0.159. The summed E-state index contributed by atoms with van der Waals surface area (Å²) in [5.41, 5.74) is 0. The van der Waals surface area contributed by atoms with E-state index in [1.54, 1.807) is 0 Å². The van der Waals surface area contributed by atoms with Gasteiger partial charge in [-0.15, -0.1) is 0 Å². The fourth-order valence-corrected chi connectivity index (χ4v) is 2.93. The third-order valence-electron chi connectivity index (χ3n) is 3.49. The third-order valence-corrected chi connectivity index (χ3v) is 3.49. The highest BCUT2D eigenvalue weighted by molar-refractivity contribution is 5.70. The van der Waals surface area contributed by atoms with Crippen molar-refractivity contribution in [3.63, 3.8) is 0 Å². The summed E-state index contributed by atoms with van der Waals surface area (Å²) in [6.07, 6.45) is 7.69. The molecule has 4 atom stereocenters. The van der Waals surface area contributed by atoms with E-state index in [0.29, 0.717) is 24.2 Å². The topological polar surface area (TPSA) is 26.3 Å². The molecule has 0 aromatic carbocycles. The van der Waals surface area contributed by atoms with Gasteiger partial charge in [-0.25, -0.2) is 0 Å². The minimum absolute atomic E-state index is 0.0113. The molecule has 0 spiro atoms. The molecule has 3 aliphatic rings. The zero-order chi connectivity index (χ0) is 8.13. The molecule has 0 aromatic rings. The van der Waals surface area contributed by atoms with Crippen LogP contribution in [0.3, 0.4) is 0 Å². The van der Waals surface area contributed by atoms with Gasteiger partial charge in [0.2, 0.25) is 0 Å². The first-order valence-corrected chi connectivity index (χ1v) is 4.72. The minimum atomic E-state index is 0.0113. The lowest BCUT2D eigenvalue weighted by Gasteiger charge is -2.31. The molecule has 4 unspecified atom stereocenters. The Bertz CT molecular complexity index is 257. The van der Waals surface area contributed by atoms with E-state index in [0.717, 1.165) is 6.42 Å². The monoisotopic (exact) mass is 164 g/mol. The van der Waals surface area contributed by atoms with Gasteiger partial charge in [0.15, 0.2) is 0 Å². The fourth-order valence-electron chi connectivity index (χ4n) is 2.93. The second kappa shape index (κ2) is 2.12. The Kier molecular flexibility index (Phi) is 1.18. The van der Waals surface area contributed by atoms with Crippen LogP contribution in [0, 0.1) is 17.8 Å². The second-order valence-corrected chi connectivity index (χ2v) is 4.11. The van der Waals surface area contributed by atoms with Crippen LogP contribution in [0.4, 0.5) is 0 Å². The molecule has 1 saturated carbocycles. The van der Waals surface area contributed by atoms with Gasteiger partial charge in [0, 0.05) is 18.3 Å². The summed E-state index contributed by atoms with van der Waals surface area (Å²) in [6.45, 7) is 0. The summed E-state index contributed by atoms with van der Waals surface area (Å²) in [5.74, 6) is 1.92. The van der Waals surface area contributed by atoms with Crippen LogP contribution in [-0.2, 0) is 9.53 Å². The molecule has 2 aliphatic carbocycles. The average Bonchev–Trinajstić information content (AvgIpc) is 2.63. The molecule has 2 heteroatoms. The van der Waals surface area contributed by atoms with E-state index in [9.17, 15) is 4.79 Å². The van der Waals surface area contributed by atoms with Crippen molar-refractivity contribution in [2.24, 2.45) is 17.8 Å². The molecule has 1 saturated heterocycles. The molecule has 1 heterocycles. The number of hydrogen-bond donors (Lipinski definition) is 0. The second-order valence-electron chi connectivity index (χ2n) is 4.11. The molecule has 1 aliphatic heterocycles. The van der Waals surface area contributed by atoms with Crippen molar-refractivity contribution in [2.75, 3.05) is 0 Å². The molecule has 0 aromatic heterocycles. The SMILES string of the molecule is O=C1CCC2C3C=CC(C3)C2O1. The molecule has 0 N–H and O–H groups in total. The maximum atomic E-state index is 11.0.